The van der Waals surface area contributed by atoms with Crippen LogP contribution < -0.4 is 10.9 Å². The molecule has 5 nitrogen and oxygen atoms in total. The average molecular weight is 392 g/mol. The molecule has 152 valence electrons. The molecule has 0 aliphatic carbocycles. The molecule has 0 fully saturated rings. The van der Waals surface area contributed by atoms with Crippen LogP contribution >= 0.6 is 0 Å². The third kappa shape index (κ3) is 4.56. The number of fused-ring (bicyclic) bond motifs is 1. The summed E-state index contributed by atoms with van der Waals surface area (Å²) in [5.41, 5.74) is 3.07. The van der Waals surface area contributed by atoms with Crippen molar-refractivity contribution in [2.75, 3.05) is 5.32 Å². The number of carbonyl (C=O) groups excluding carboxylic acids is 1. The van der Waals surface area contributed by atoms with Gasteiger partial charge in [0.1, 0.15) is 0 Å². The van der Waals surface area contributed by atoms with Crippen LogP contribution in [0.2, 0.25) is 0 Å². The summed E-state index contributed by atoms with van der Waals surface area (Å²) in [7, 11) is 0. The smallest absolute Gasteiger partial charge is 0.276 e. The zero-order valence-electron chi connectivity index (χ0n) is 17.5. The highest BCUT2D eigenvalue weighted by molar-refractivity contribution is 6.11. The lowest BCUT2D eigenvalue weighted by Gasteiger charge is -2.15. The molecule has 0 atom stereocenters. The molecule has 1 N–H and O–H groups in total. The normalized spacial score (nSPS) is 11.0. The van der Waals surface area contributed by atoms with Crippen LogP contribution in [-0.4, -0.2) is 15.7 Å². The number of rotatable bonds is 8. The van der Waals surface area contributed by atoms with E-state index in [1.165, 1.54) is 4.68 Å². The number of para-hydroxylation sites is 1. The average Bonchev–Trinajstić information content (AvgIpc) is 2.74. The van der Waals surface area contributed by atoms with Gasteiger partial charge >= 0.3 is 0 Å². The first-order valence-corrected chi connectivity index (χ1v) is 10.5. The number of amides is 1. The van der Waals surface area contributed by atoms with Gasteiger partial charge in [0, 0.05) is 17.6 Å². The highest BCUT2D eigenvalue weighted by atomic mass is 16.2. The molecule has 0 spiro atoms. The molecular weight excluding hydrogens is 362 g/mol. The Morgan fingerprint density at radius 3 is 2.48 bits per heavy atom. The minimum absolute atomic E-state index is 0.140. The third-order valence-corrected chi connectivity index (χ3v) is 5.28. The van der Waals surface area contributed by atoms with Crippen molar-refractivity contribution in [2.45, 2.75) is 59.4 Å². The van der Waals surface area contributed by atoms with Crippen LogP contribution in [0.5, 0.6) is 0 Å². The van der Waals surface area contributed by atoms with Crippen LogP contribution in [-0.2, 0) is 13.0 Å². The number of benzene rings is 2. The minimum atomic E-state index is -0.285. The Balaban J connectivity index is 2.01. The first-order chi connectivity index (χ1) is 14.1. The Morgan fingerprint density at radius 1 is 1.00 bits per heavy atom. The Labute approximate surface area is 171 Å². The Morgan fingerprint density at radius 2 is 1.76 bits per heavy atom. The molecule has 1 heterocycles. The lowest BCUT2D eigenvalue weighted by molar-refractivity contribution is 0.102. The van der Waals surface area contributed by atoms with Crippen molar-refractivity contribution in [3.8, 4) is 0 Å². The standard InChI is InChI=1S/C24H29N3O2/c1-4-6-7-10-16-27-24(29)20-15-9-8-14-19(20)22(26-27)23(28)25-21-17(3)12-11-13-18(21)5-2/h8-9,11-15H,4-7,10,16H2,1-3H3,(H,25,28). The van der Waals surface area contributed by atoms with Crippen LogP contribution in [0, 0.1) is 6.92 Å². The van der Waals surface area contributed by atoms with Crippen molar-refractivity contribution in [1.29, 1.82) is 0 Å². The van der Waals surface area contributed by atoms with Gasteiger partial charge in [-0.2, -0.15) is 5.10 Å². The number of hydrogen-bond donors (Lipinski definition) is 1. The van der Waals surface area contributed by atoms with Gasteiger partial charge in [0.25, 0.3) is 11.5 Å². The fourth-order valence-electron chi connectivity index (χ4n) is 3.62. The maximum Gasteiger partial charge on any atom is 0.276 e. The number of aryl methyl sites for hydroxylation is 3. The Bertz CT molecular complexity index is 1070. The SMILES string of the molecule is CCCCCCn1nc(C(=O)Nc2c(C)cccc2CC)c2ccccc2c1=O. The quantitative estimate of drug-likeness (QED) is 0.543. The van der Waals surface area contributed by atoms with Crippen molar-refractivity contribution in [3.63, 3.8) is 0 Å². The van der Waals surface area contributed by atoms with Gasteiger partial charge in [0.2, 0.25) is 0 Å². The highest BCUT2D eigenvalue weighted by Crippen LogP contribution is 2.23. The third-order valence-electron chi connectivity index (χ3n) is 5.28. The molecule has 3 aromatic rings. The van der Waals surface area contributed by atoms with E-state index in [2.05, 4.69) is 24.3 Å². The van der Waals surface area contributed by atoms with E-state index in [9.17, 15) is 9.59 Å². The number of carbonyl (C=O) groups is 1. The van der Waals surface area contributed by atoms with Gasteiger partial charge in [-0.3, -0.25) is 9.59 Å². The van der Waals surface area contributed by atoms with E-state index in [1.807, 2.05) is 37.3 Å². The van der Waals surface area contributed by atoms with Crippen LogP contribution in [0.4, 0.5) is 5.69 Å². The Kier molecular flexibility index (Phi) is 6.81. The molecular formula is C24H29N3O2. The molecule has 0 aliphatic heterocycles. The summed E-state index contributed by atoms with van der Waals surface area (Å²) in [6.45, 7) is 6.72. The largest absolute Gasteiger partial charge is 0.320 e. The summed E-state index contributed by atoms with van der Waals surface area (Å²) in [4.78, 5) is 26.0. The van der Waals surface area contributed by atoms with Crippen molar-refractivity contribution in [2.24, 2.45) is 0 Å². The highest BCUT2D eigenvalue weighted by Gasteiger charge is 2.18. The van der Waals surface area contributed by atoms with Crippen LogP contribution in [0.15, 0.2) is 47.3 Å². The summed E-state index contributed by atoms with van der Waals surface area (Å²) < 4.78 is 1.45. The maximum absolute atomic E-state index is 13.2. The fraction of sp³-hybridized carbons (Fsp3) is 0.375. The second-order valence-electron chi connectivity index (χ2n) is 7.40. The lowest BCUT2D eigenvalue weighted by atomic mass is 10.1. The summed E-state index contributed by atoms with van der Waals surface area (Å²) in [5, 5.41) is 8.64. The minimum Gasteiger partial charge on any atom is -0.320 e. The maximum atomic E-state index is 13.2. The zero-order chi connectivity index (χ0) is 20.8. The summed E-state index contributed by atoms with van der Waals surface area (Å²) in [6.07, 6.45) is 5.00. The molecule has 2 aromatic carbocycles. The van der Waals surface area contributed by atoms with Crippen LogP contribution in [0.1, 0.15) is 61.1 Å². The number of nitrogens with zero attached hydrogens (tertiary/aromatic N) is 2. The molecule has 0 radical (unpaired) electrons. The van der Waals surface area contributed by atoms with Crippen molar-refractivity contribution >= 4 is 22.4 Å². The van der Waals surface area contributed by atoms with Gasteiger partial charge in [-0.1, -0.05) is 69.5 Å². The summed E-state index contributed by atoms with van der Waals surface area (Å²) >= 11 is 0. The van der Waals surface area contributed by atoms with E-state index in [4.69, 9.17) is 0 Å². The topological polar surface area (TPSA) is 64.0 Å². The van der Waals surface area contributed by atoms with Crippen LogP contribution in [0.25, 0.3) is 10.8 Å². The van der Waals surface area contributed by atoms with Gasteiger partial charge in [-0.05, 0) is 37.0 Å². The second kappa shape index (κ2) is 9.50. The molecule has 0 bridgehead atoms. The first kappa shape index (κ1) is 20.8. The number of aromatic nitrogens is 2. The molecule has 29 heavy (non-hydrogen) atoms. The van der Waals surface area contributed by atoms with Crippen molar-refractivity contribution in [3.05, 3.63) is 69.6 Å². The zero-order valence-corrected chi connectivity index (χ0v) is 17.5. The van der Waals surface area contributed by atoms with E-state index in [1.54, 1.807) is 12.1 Å². The van der Waals surface area contributed by atoms with E-state index >= 15 is 0 Å². The molecule has 3 rings (SSSR count). The first-order valence-electron chi connectivity index (χ1n) is 10.5. The molecule has 1 aromatic heterocycles. The molecule has 1 amide bonds. The van der Waals surface area contributed by atoms with E-state index in [-0.39, 0.29) is 11.5 Å². The predicted octanol–water partition coefficient (Wildman–Crippen LogP) is 5.10. The number of unbranched alkanes of at least 4 members (excludes halogenated alkanes) is 3. The van der Waals surface area contributed by atoms with Gasteiger partial charge < -0.3 is 5.32 Å². The van der Waals surface area contributed by atoms with Crippen molar-refractivity contribution in [1.82, 2.24) is 9.78 Å². The molecule has 0 saturated heterocycles. The monoisotopic (exact) mass is 391 g/mol. The molecule has 0 aliphatic rings. The van der Waals surface area contributed by atoms with Crippen LogP contribution in [0.3, 0.4) is 0 Å². The summed E-state index contributed by atoms with van der Waals surface area (Å²) in [5.74, 6) is -0.285. The summed E-state index contributed by atoms with van der Waals surface area (Å²) in [6, 6.07) is 13.2. The number of hydrogen-bond acceptors (Lipinski definition) is 3. The van der Waals surface area contributed by atoms with E-state index < -0.39 is 0 Å². The van der Waals surface area contributed by atoms with Crippen molar-refractivity contribution < 1.29 is 4.79 Å². The van der Waals surface area contributed by atoms with Gasteiger partial charge in [0.05, 0.1) is 5.39 Å². The number of nitrogens with one attached hydrogen (secondary N) is 1. The molecule has 5 heteroatoms. The second-order valence-corrected chi connectivity index (χ2v) is 7.40. The Hall–Kier alpha value is -2.95. The van der Waals surface area contributed by atoms with E-state index in [0.717, 1.165) is 48.9 Å². The molecule has 0 saturated carbocycles. The van der Waals surface area contributed by atoms with E-state index in [0.29, 0.717) is 23.0 Å². The predicted molar refractivity (Wildman–Crippen MR) is 119 cm³/mol. The van der Waals surface area contributed by atoms with Gasteiger partial charge in [-0.15, -0.1) is 0 Å². The van der Waals surface area contributed by atoms with Gasteiger partial charge in [0.15, 0.2) is 5.69 Å². The number of anilines is 1. The fourth-order valence-corrected chi connectivity index (χ4v) is 3.62. The molecule has 0 unspecified atom stereocenters. The lowest BCUT2D eigenvalue weighted by Crippen LogP contribution is -2.28. The van der Waals surface area contributed by atoms with Gasteiger partial charge in [-0.25, -0.2) is 4.68 Å².